The van der Waals surface area contributed by atoms with Gasteiger partial charge in [-0.05, 0) is 72.7 Å². The molecule has 1 aromatic heterocycles. The van der Waals surface area contributed by atoms with E-state index < -0.39 is 0 Å². The number of aryl methyl sites for hydroxylation is 1. The molecule has 1 heterocycles. The molecule has 0 radical (unpaired) electrons. The molecule has 1 aliphatic carbocycles. The van der Waals surface area contributed by atoms with Crippen molar-refractivity contribution in [2.45, 2.75) is 38.4 Å². The van der Waals surface area contributed by atoms with Gasteiger partial charge in [-0.3, -0.25) is 4.98 Å². The molecule has 4 rings (SSSR count). The molecule has 3 aromatic rings. The molecule has 3 nitrogen and oxygen atoms in total. The predicted octanol–water partition coefficient (Wildman–Crippen LogP) is 6.75. The Hall–Kier alpha value is -2.07. The Morgan fingerprint density at radius 1 is 0.966 bits per heavy atom. The van der Waals surface area contributed by atoms with E-state index in [0.717, 1.165) is 42.6 Å². The fourth-order valence-electron chi connectivity index (χ4n) is 3.25. The van der Waals surface area contributed by atoms with Crippen LogP contribution in [0.1, 0.15) is 30.4 Å². The van der Waals surface area contributed by atoms with E-state index in [-0.39, 0.29) is 0 Å². The Morgan fingerprint density at radius 2 is 1.83 bits per heavy atom. The highest BCUT2D eigenvalue weighted by Crippen LogP contribution is 2.36. The summed E-state index contributed by atoms with van der Waals surface area (Å²) >= 11 is 12.2. The molecule has 1 aliphatic rings. The van der Waals surface area contributed by atoms with E-state index in [9.17, 15) is 0 Å². The van der Waals surface area contributed by atoms with Gasteiger partial charge in [0.25, 0.3) is 0 Å². The molecule has 0 saturated heterocycles. The molecule has 29 heavy (non-hydrogen) atoms. The summed E-state index contributed by atoms with van der Waals surface area (Å²) in [6, 6.07) is 15.7. The molecule has 0 amide bonds. The summed E-state index contributed by atoms with van der Waals surface area (Å²) in [5.41, 5.74) is 4.41. The number of aromatic nitrogens is 1. The number of para-hydroxylation sites is 1. The fraction of sp³-hybridized carbons (Fsp3) is 0.292. The molecule has 1 saturated carbocycles. The summed E-state index contributed by atoms with van der Waals surface area (Å²) in [5.74, 6) is 0.953. The first-order valence-corrected chi connectivity index (χ1v) is 10.7. The van der Waals surface area contributed by atoms with Crippen molar-refractivity contribution in [3.63, 3.8) is 0 Å². The van der Waals surface area contributed by atoms with Crippen molar-refractivity contribution in [3.05, 3.63) is 82.1 Å². The Labute approximate surface area is 181 Å². The van der Waals surface area contributed by atoms with Gasteiger partial charge in [0.15, 0.2) is 0 Å². The zero-order chi connectivity index (χ0) is 20.1. The number of benzene rings is 2. The molecule has 150 valence electrons. The van der Waals surface area contributed by atoms with Crippen molar-refractivity contribution in [2.75, 3.05) is 6.61 Å². The maximum Gasteiger partial charge on any atom is 0.127 e. The topological polar surface area (TPSA) is 31.4 Å². The number of ether oxygens (including phenoxy) is 2. The number of hydrogen-bond donors (Lipinski definition) is 0. The molecule has 5 heteroatoms. The van der Waals surface area contributed by atoms with E-state index in [1.54, 1.807) is 12.1 Å². The van der Waals surface area contributed by atoms with E-state index in [0.29, 0.717) is 29.4 Å². The molecule has 0 bridgehead atoms. The normalized spacial score (nSPS) is 13.4. The van der Waals surface area contributed by atoms with Crippen molar-refractivity contribution in [2.24, 2.45) is 0 Å². The first-order chi connectivity index (χ1) is 14.2. The smallest absolute Gasteiger partial charge is 0.127 e. The highest BCUT2D eigenvalue weighted by Gasteiger charge is 2.24. The third-order valence-corrected chi connectivity index (χ3v) is 5.50. The van der Waals surface area contributed by atoms with Gasteiger partial charge in [-0.2, -0.15) is 0 Å². The van der Waals surface area contributed by atoms with E-state index >= 15 is 0 Å². The van der Waals surface area contributed by atoms with Crippen LogP contribution in [-0.4, -0.2) is 17.7 Å². The minimum Gasteiger partial charge on any atom is -0.490 e. The zero-order valence-electron chi connectivity index (χ0n) is 16.1. The summed E-state index contributed by atoms with van der Waals surface area (Å²) in [5, 5.41) is 1.34. The second kappa shape index (κ2) is 9.62. The van der Waals surface area contributed by atoms with Gasteiger partial charge < -0.3 is 9.47 Å². The van der Waals surface area contributed by atoms with Crippen LogP contribution in [0.25, 0.3) is 11.1 Å². The van der Waals surface area contributed by atoms with Gasteiger partial charge in [-0.1, -0.05) is 41.4 Å². The second-order valence-electron chi connectivity index (χ2n) is 7.24. The quantitative estimate of drug-likeness (QED) is 0.354. The largest absolute Gasteiger partial charge is 0.490 e. The molecule has 0 atom stereocenters. The average molecular weight is 428 g/mol. The summed E-state index contributed by atoms with van der Waals surface area (Å²) in [4.78, 5) is 4.33. The Balaban J connectivity index is 1.37. The lowest BCUT2D eigenvalue weighted by Gasteiger charge is -2.14. The summed E-state index contributed by atoms with van der Waals surface area (Å²) in [6.07, 6.45) is 8.21. The van der Waals surface area contributed by atoms with Crippen molar-refractivity contribution < 1.29 is 9.47 Å². The van der Waals surface area contributed by atoms with Crippen LogP contribution in [0.5, 0.6) is 5.75 Å². The zero-order valence-corrected chi connectivity index (χ0v) is 17.6. The van der Waals surface area contributed by atoms with Crippen LogP contribution in [0.3, 0.4) is 0 Å². The lowest BCUT2D eigenvalue weighted by molar-refractivity contribution is 0.119. The maximum atomic E-state index is 6.19. The number of hydrogen-bond acceptors (Lipinski definition) is 3. The van der Waals surface area contributed by atoms with E-state index in [4.69, 9.17) is 32.7 Å². The first-order valence-electron chi connectivity index (χ1n) is 9.91. The van der Waals surface area contributed by atoms with Crippen LogP contribution in [-0.2, 0) is 17.8 Å². The van der Waals surface area contributed by atoms with Crippen LogP contribution >= 0.6 is 23.2 Å². The first kappa shape index (κ1) is 20.2. The Kier molecular flexibility index (Phi) is 6.70. The third kappa shape index (κ3) is 5.51. The van der Waals surface area contributed by atoms with Gasteiger partial charge in [-0.25, -0.2) is 0 Å². The molecule has 2 aromatic carbocycles. The minimum absolute atomic E-state index is 0.369. The minimum atomic E-state index is 0.369. The number of nitrogens with zero attached hydrogens (tertiary/aromatic N) is 1. The molecule has 0 N–H and O–H groups in total. The maximum absolute atomic E-state index is 6.19. The van der Waals surface area contributed by atoms with Gasteiger partial charge >= 0.3 is 0 Å². The molecular formula is C24H23Cl2NO2. The Morgan fingerprint density at radius 3 is 2.69 bits per heavy atom. The van der Waals surface area contributed by atoms with E-state index in [1.807, 2.05) is 24.5 Å². The highest BCUT2D eigenvalue weighted by molar-refractivity contribution is 6.33. The summed E-state index contributed by atoms with van der Waals surface area (Å²) in [6.45, 7) is 1.09. The number of halogens is 2. The lowest BCUT2D eigenvalue weighted by atomic mass is 9.98. The van der Waals surface area contributed by atoms with Gasteiger partial charge in [0.1, 0.15) is 5.75 Å². The summed E-state index contributed by atoms with van der Waals surface area (Å²) in [7, 11) is 0. The SMILES string of the molecule is Clc1ccc(Cl)c(COCCCc2cnccc2-c2ccccc2OC2CC2)c1. The van der Waals surface area contributed by atoms with Crippen molar-refractivity contribution in [1.82, 2.24) is 4.98 Å². The average Bonchev–Trinajstić information content (AvgIpc) is 3.55. The van der Waals surface area contributed by atoms with E-state index in [1.165, 1.54) is 11.1 Å². The van der Waals surface area contributed by atoms with Gasteiger partial charge in [0, 0.05) is 34.6 Å². The molecule has 0 unspecified atom stereocenters. The number of rotatable bonds is 9. The highest BCUT2D eigenvalue weighted by atomic mass is 35.5. The summed E-state index contributed by atoms with van der Waals surface area (Å²) < 4.78 is 11.9. The molecule has 1 fully saturated rings. The fourth-order valence-corrected chi connectivity index (χ4v) is 3.61. The van der Waals surface area contributed by atoms with Crippen LogP contribution in [0.4, 0.5) is 0 Å². The van der Waals surface area contributed by atoms with Gasteiger partial charge in [0.2, 0.25) is 0 Å². The number of pyridine rings is 1. The van der Waals surface area contributed by atoms with Gasteiger partial charge in [0.05, 0.1) is 12.7 Å². The van der Waals surface area contributed by atoms with Crippen molar-refractivity contribution in [1.29, 1.82) is 0 Å². The lowest BCUT2D eigenvalue weighted by Crippen LogP contribution is -2.01. The molecule has 0 aliphatic heterocycles. The second-order valence-corrected chi connectivity index (χ2v) is 8.08. The molecular weight excluding hydrogens is 405 g/mol. The Bertz CT molecular complexity index is 973. The van der Waals surface area contributed by atoms with Crippen LogP contribution < -0.4 is 4.74 Å². The standard InChI is InChI=1S/C24H23Cl2NO2/c25-19-7-10-23(26)18(14-19)16-28-13-3-4-17-15-27-12-11-21(17)22-5-1-2-6-24(22)29-20-8-9-20/h1-2,5-7,10-12,14-15,20H,3-4,8-9,13,16H2. The van der Waals surface area contributed by atoms with Crippen LogP contribution in [0, 0.1) is 0 Å². The predicted molar refractivity (Wildman–Crippen MR) is 118 cm³/mol. The van der Waals surface area contributed by atoms with Crippen molar-refractivity contribution >= 4 is 23.2 Å². The monoisotopic (exact) mass is 427 g/mol. The third-order valence-electron chi connectivity index (χ3n) is 4.90. The van der Waals surface area contributed by atoms with Crippen LogP contribution in [0.2, 0.25) is 10.0 Å². The van der Waals surface area contributed by atoms with E-state index in [2.05, 4.69) is 29.2 Å². The molecule has 0 spiro atoms. The van der Waals surface area contributed by atoms with Gasteiger partial charge in [-0.15, -0.1) is 0 Å². The van der Waals surface area contributed by atoms with Crippen molar-refractivity contribution in [3.8, 4) is 16.9 Å². The van der Waals surface area contributed by atoms with Crippen LogP contribution in [0.15, 0.2) is 60.9 Å².